The quantitative estimate of drug-likeness (QED) is 0.905. The standard InChI is InChI=1S/C14H19BrN2O2/c1-10(18)13-9-12(15)3-4-14(13)17-7-5-16(6-8-17)11(2)19/h3-4,9-10,18H,5-8H2,1-2H3. The third kappa shape index (κ3) is 3.28. The second kappa shape index (κ2) is 5.92. The van der Waals surface area contributed by atoms with E-state index in [9.17, 15) is 9.90 Å². The van der Waals surface area contributed by atoms with Gasteiger partial charge in [-0.15, -0.1) is 0 Å². The maximum absolute atomic E-state index is 11.3. The minimum absolute atomic E-state index is 0.131. The number of piperazine rings is 1. The van der Waals surface area contributed by atoms with Crippen molar-refractivity contribution in [3.05, 3.63) is 28.2 Å². The first-order valence-electron chi connectivity index (χ1n) is 6.47. The Morgan fingerprint density at radius 2 is 1.95 bits per heavy atom. The van der Waals surface area contributed by atoms with Gasteiger partial charge in [-0.05, 0) is 25.1 Å². The van der Waals surface area contributed by atoms with E-state index >= 15 is 0 Å². The number of rotatable bonds is 2. The summed E-state index contributed by atoms with van der Waals surface area (Å²) in [4.78, 5) is 15.4. The highest BCUT2D eigenvalue weighted by molar-refractivity contribution is 9.10. The van der Waals surface area contributed by atoms with Gasteiger partial charge < -0.3 is 14.9 Å². The van der Waals surface area contributed by atoms with Gasteiger partial charge in [0.05, 0.1) is 6.10 Å². The highest BCUT2D eigenvalue weighted by Gasteiger charge is 2.21. The summed E-state index contributed by atoms with van der Waals surface area (Å²) < 4.78 is 0.967. The molecule has 1 atom stereocenters. The fourth-order valence-corrected chi connectivity index (χ4v) is 2.79. The third-order valence-corrected chi connectivity index (χ3v) is 4.00. The van der Waals surface area contributed by atoms with Crippen LogP contribution in [0.1, 0.15) is 25.5 Å². The number of aliphatic hydroxyl groups excluding tert-OH is 1. The number of carbonyl (C=O) groups excluding carboxylic acids is 1. The Bertz CT molecular complexity index is 469. The topological polar surface area (TPSA) is 43.8 Å². The van der Waals surface area contributed by atoms with Crippen molar-refractivity contribution in [1.29, 1.82) is 0 Å². The lowest BCUT2D eigenvalue weighted by atomic mass is 10.1. The Hall–Kier alpha value is -1.07. The van der Waals surface area contributed by atoms with Gasteiger partial charge in [-0.1, -0.05) is 15.9 Å². The molecule has 1 heterocycles. The van der Waals surface area contributed by atoms with Crippen LogP contribution in [0.4, 0.5) is 5.69 Å². The van der Waals surface area contributed by atoms with Gasteiger partial charge in [-0.25, -0.2) is 0 Å². The van der Waals surface area contributed by atoms with Gasteiger partial charge in [-0.2, -0.15) is 0 Å². The van der Waals surface area contributed by atoms with Gasteiger partial charge in [0.1, 0.15) is 0 Å². The molecular weight excluding hydrogens is 308 g/mol. The molecule has 19 heavy (non-hydrogen) atoms. The number of anilines is 1. The third-order valence-electron chi connectivity index (χ3n) is 3.51. The predicted molar refractivity (Wildman–Crippen MR) is 79.2 cm³/mol. The van der Waals surface area contributed by atoms with Crippen LogP contribution in [-0.2, 0) is 4.79 Å². The van der Waals surface area contributed by atoms with Crippen molar-refractivity contribution >= 4 is 27.5 Å². The van der Waals surface area contributed by atoms with Crippen molar-refractivity contribution in [1.82, 2.24) is 4.90 Å². The maximum atomic E-state index is 11.3. The Morgan fingerprint density at radius 3 is 2.47 bits per heavy atom. The zero-order valence-electron chi connectivity index (χ0n) is 11.3. The summed E-state index contributed by atoms with van der Waals surface area (Å²) in [7, 11) is 0. The molecule has 1 saturated heterocycles. The van der Waals surface area contributed by atoms with Gasteiger partial charge in [0, 0.05) is 48.8 Å². The van der Waals surface area contributed by atoms with Gasteiger partial charge in [0.2, 0.25) is 5.91 Å². The molecule has 0 saturated carbocycles. The van der Waals surface area contributed by atoms with E-state index in [0.29, 0.717) is 0 Å². The largest absolute Gasteiger partial charge is 0.389 e. The summed E-state index contributed by atoms with van der Waals surface area (Å²) in [5, 5.41) is 9.89. The second-order valence-corrected chi connectivity index (χ2v) is 5.79. The predicted octanol–water partition coefficient (Wildman–Crippen LogP) is 2.17. The minimum atomic E-state index is -0.502. The molecule has 1 amide bonds. The molecule has 0 aromatic heterocycles. The molecule has 1 aliphatic rings. The number of benzene rings is 1. The van der Waals surface area contributed by atoms with Crippen LogP contribution in [0.15, 0.2) is 22.7 Å². The Balaban J connectivity index is 2.17. The molecule has 1 N–H and O–H groups in total. The van der Waals surface area contributed by atoms with Crippen LogP contribution < -0.4 is 4.90 Å². The van der Waals surface area contributed by atoms with Crippen LogP contribution >= 0.6 is 15.9 Å². The number of halogens is 1. The maximum Gasteiger partial charge on any atom is 0.219 e. The molecule has 1 aromatic carbocycles. The summed E-state index contributed by atoms with van der Waals surface area (Å²) in [5.74, 6) is 0.131. The number of carbonyl (C=O) groups is 1. The van der Waals surface area contributed by atoms with E-state index in [0.717, 1.165) is 41.9 Å². The van der Waals surface area contributed by atoms with Crippen LogP contribution in [0.3, 0.4) is 0 Å². The lowest BCUT2D eigenvalue weighted by molar-refractivity contribution is -0.129. The van der Waals surface area contributed by atoms with Crippen molar-refractivity contribution in [3.8, 4) is 0 Å². The average Bonchev–Trinajstić information content (AvgIpc) is 2.38. The molecule has 1 fully saturated rings. The molecule has 4 nitrogen and oxygen atoms in total. The summed E-state index contributed by atoms with van der Waals surface area (Å²) in [6, 6.07) is 5.96. The monoisotopic (exact) mass is 326 g/mol. The molecule has 1 aromatic rings. The molecule has 1 unspecified atom stereocenters. The first kappa shape index (κ1) is 14.3. The Kier molecular flexibility index (Phi) is 4.47. The highest BCUT2D eigenvalue weighted by Crippen LogP contribution is 2.30. The van der Waals surface area contributed by atoms with Crippen LogP contribution in [0, 0.1) is 0 Å². The van der Waals surface area contributed by atoms with Crippen LogP contribution in [-0.4, -0.2) is 42.1 Å². The molecule has 0 aliphatic carbocycles. The molecule has 0 bridgehead atoms. The van der Waals surface area contributed by atoms with Crippen molar-refractivity contribution < 1.29 is 9.90 Å². The van der Waals surface area contributed by atoms with E-state index in [2.05, 4.69) is 20.8 Å². The van der Waals surface area contributed by atoms with E-state index in [1.165, 1.54) is 0 Å². The Labute approximate surface area is 122 Å². The van der Waals surface area contributed by atoms with Crippen molar-refractivity contribution in [2.45, 2.75) is 20.0 Å². The molecule has 2 rings (SSSR count). The summed E-state index contributed by atoms with van der Waals surface area (Å²) >= 11 is 3.43. The SMILES string of the molecule is CC(=O)N1CCN(c2ccc(Br)cc2C(C)O)CC1. The van der Waals surface area contributed by atoms with Gasteiger partial charge in [-0.3, -0.25) is 4.79 Å². The van der Waals surface area contributed by atoms with Crippen LogP contribution in [0.2, 0.25) is 0 Å². The van der Waals surface area contributed by atoms with Crippen molar-refractivity contribution in [3.63, 3.8) is 0 Å². The lowest BCUT2D eigenvalue weighted by Gasteiger charge is -2.37. The molecule has 5 heteroatoms. The molecule has 1 aliphatic heterocycles. The lowest BCUT2D eigenvalue weighted by Crippen LogP contribution is -2.48. The van der Waals surface area contributed by atoms with E-state index in [4.69, 9.17) is 0 Å². The van der Waals surface area contributed by atoms with Gasteiger partial charge >= 0.3 is 0 Å². The normalized spacial score (nSPS) is 17.5. The van der Waals surface area contributed by atoms with Gasteiger partial charge in [0.25, 0.3) is 0 Å². The zero-order valence-corrected chi connectivity index (χ0v) is 12.9. The van der Waals surface area contributed by atoms with Crippen molar-refractivity contribution in [2.75, 3.05) is 31.1 Å². The van der Waals surface area contributed by atoms with Crippen LogP contribution in [0.25, 0.3) is 0 Å². The molecule has 0 spiro atoms. The summed E-state index contributed by atoms with van der Waals surface area (Å²) in [6.45, 7) is 6.48. The minimum Gasteiger partial charge on any atom is -0.389 e. The van der Waals surface area contributed by atoms with Crippen molar-refractivity contribution in [2.24, 2.45) is 0 Å². The second-order valence-electron chi connectivity index (χ2n) is 4.87. The Morgan fingerprint density at radius 1 is 1.32 bits per heavy atom. The number of amides is 1. The first-order valence-corrected chi connectivity index (χ1v) is 7.26. The van der Waals surface area contributed by atoms with E-state index in [-0.39, 0.29) is 5.91 Å². The highest BCUT2D eigenvalue weighted by atomic mass is 79.9. The molecular formula is C14H19BrN2O2. The molecule has 0 radical (unpaired) electrons. The zero-order chi connectivity index (χ0) is 14.0. The molecule has 104 valence electrons. The van der Waals surface area contributed by atoms with E-state index < -0.39 is 6.10 Å². The average molecular weight is 327 g/mol. The first-order chi connectivity index (χ1) is 8.99. The number of aliphatic hydroxyl groups is 1. The van der Waals surface area contributed by atoms with E-state index in [1.807, 2.05) is 23.1 Å². The summed E-state index contributed by atoms with van der Waals surface area (Å²) in [6.07, 6.45) is -0.502. The van der Waals surface area contributed by atoms with Crippen LogP contribution in [0.5, 0.6) is 0 Å². The number of hydrogen-bond acceptors (Lipinski definition) is 3. The van der Waals surface area contributed by atoms with Gasteiger partial charge in [0.15, 0.2) is 0 Å². The number of nitrogens with zero attached hydrogens (tertiary/aromatic N) is 2. The fraction of sp³-hybridized carbons (Fsp3) is 0.500. The van der Waals surface area contributed by atoms with E-state index in [1.54, 1.807) is 13.8 Å². The summed E-state index contributed by atoms with van der Waals surface area (Å²) in [5.41, 5.74) is 1.98. The fourth-order valence-electron chi connectivity index (χ4n) is 2.41. The smallest absolute Gasteiger partial charge is 0.219 e. The number of hydrogen-bond donors (Lipinski definition) is 1.